The molecule has 3 aliphatic rings. The summed E-state index contributed by atoms with van der Waals surface area (Å²) in [4.78, 5) is 31.6. The summed E-state index contributed by atoms with van der Waals surface area (Å²) < 4.78 is 0. The quantitative estimate of drug-likeness (QED) is 0.758. The summed E-state index contributed by atoms with van der Waals surface area (Å²) in [6.07, 6.45) is 3.78. The van der Waals surface area contributed by atoms with Crippen LogP contribution in [0.15, 0.2) is 17.3 Å². The number of thioether (sulfide) groups is 1. The highest BCUT2D eigenvalue weighted by Crippen LogP contribution is 2.49. The third kappa shape index (κ3) is 2.87. The van der Waals surface area contributed by atoms with Crippen LogP contribution >= 0.6 is 11.8 Å². The number of carbonyl (C=O) groups excluding carboxylic acids is 2. The van der Waals surface area contributed by atoms with Gasteiger partial charge in [0.05, 0.1) is 11.7 Å². The van der Waals surface area contributed by atoms with E-state index in [9.17, 15) is 9.59 Å². The van der Waals surface area contributed by atoms with E-state index in [2.05, 4.69) is 20.9 Å². The molecule has 25 heavy (non-hydrogen) atoms. The predicted octanol–water partition coefficient (Wildman–Crippen LogP) is 1.40. The maximum absolute atomic E-state index is 12.9. The van der Waals surface area contributed by atoms with Crippen LogP contribution in [-0.4, -0.2) is 47.3 Å². The number of nitrogens with zero attached hydrogens (tertiary/aromatic N) is 2. The van der Waals surface area contributed by atoms with Crippen molar-refractivity contribution >= 4 is 29.4 Å². The van der Waals surface area contributed by atoms with E-state index in [0.717, 1.165) is 42.2 Å². The molecule has 1 fully saturated rings. The molecule has 0 aromatic carbocycles. The van der Waals surface area contributed by atoms with Crippen molar-refractivity contribution in [2.75, 3.05) is 18.0 Å². The van der Waals surface area contributed by atoms with Gasteiger partial charge in [0, 0.05) is 30.4 Å². The number of urea groups is 1. The number of rotatable bonds is 3. The molecular weight excluding hydrogens is 338 g/mol. The molecule has 7 nitrogen and oxygen atoms in total. The number of hydrogen-bond donors (Lipinski definition) is 3. The van der Waals surface area contributed by atoms with Crippen LogP contribution in [0.3, 0.4) is 0 Å². The highest BCUT2D eigenvalue weighted by molar-refractivity contribution is 8.01. The summed E-state index contributed by atoms with van der Waals surface area (Å²) >= 11 is 1.45. The van der Waals surface area contributed by atoms with E-state index in [4.69, 9.17) is 0 Å². The maximum atomic E-state index is 12.9. The van der Waals surface area contributed by atoms with Crippen LogP contribution in [0, 0.1) is 0 Å². The van der Waals surface area contributed by atoms with Crippen LogP contribution in [0.4, 0.5) is 10.5 Å². The number of piperidine rings is 1. The van der Waals surface area contributed by atoms with Gasteiger partial charge in [-0.25, -0.2) is 9.78 Å². The molecule has 3 amide bonds. The van der Waals surface area contributed by atoms with Crippen molar-refractivity contribution in [3.8, 4) is 0 Å². The minimum Gasteiger partial charge on any atom is -0.351 e. The lowest BCUT2D eigenvalue weighted by Gasteiger charge is -2.36. The van der Waals surface area contributed by atoms with Gasteiger partial charge in [-0.2, -0.15) is 0 Å². The van der Waals surface area contributed by atoms with Crippen molar-refractivity contribution in [1.82, 2.24) is 20.9 Å². The Morgan fingerprint density at radius 3 is 3.04 bits per heavy atom. The molecule has 4 rings (SSSR count). The Morgan fingerprint density at radius 2 is 2.32 bits per heavy atom. The third-order valence-corrected chi connectivity index (χ3v) is 6.25. The highest BCUT2D eigenvalue weighted by atomic mass is 32.2. The molecule has 3 atom stereocenters. The fourth-order valence-electron chi connectivity index (χ4n) is 3.82. The largest absolute Gasteiger partial charge is 0.351 e. The fourth-order valence-corrected chi connectivity index (χ4v) is 5.05. The molecule has 134 valence electrons. The molecule has 1 saturated heterocycles. The second kappa shape index (κ2) is 6.49. The first-order valence-electron chi connectivity index (χ1n) is 8.82. The van der Waals surface area contributed by atoms with Crippen LogP contribution in [0.1, 0.15) is 38.3 Å². The minimum absolute atomic E-state index is 0.0223. The number of carbonyl (C=O) groups is 2. The first-order chi connectivity index (χ1) is 12.1. The Morgan fingerprint density at radius 1 is 1.48 bits per heavy atom. The Kier molecular flexibility index (Phi) is 4.33. The monoisotopic (exact) mass is 361 g/mol. The summed E-state index contributed by atoms with van der Waals surface area (Å²) in [6.45, 7) is 5.77. The summed E-state index contributed by atoms with van der Waals surface area (Å²) in [7, 11) is 0. The molecule has 3 aliphatic heterocycles. The Hall–Kier alpha value is -1.80. The zero-order chi connectivity index (χ0) is 17.6. The van der Waals surface area contributed by atoms with Crippen molar-refractivity contribution in [2.45, 2.75) is 55.1 Å². The zero-order valence-electron chi connectivity index (χ0n) is 14.4. The van der Waals surface area contributed by atoms with Gasteiger partial charge < -0.3 is 16.0 Å². The van der Waals surface area contributed by atoms with Crippen molar-refractivity contribution in [3.05, 3.63) is 17.8 Å². The summed E-state index contributed by atoms with van der Waals surface area (Å²) in [6, 6.07) is 1.60. The van der Waals surface area contributed by atoms with Gasteiger partial charge in [-0.15, -0.1) is 0 Å². The van der Waals surface area contributed by atoms with Gasteiger partial charge in [0.15, 0.2) is 0 Å². The number of pyridine rings is 1. The molecule has 0 aliphatic carbocycles. The molecule has 0 radical (unpaired) electrons. The molecule has 0 spiro atoms. The number of hydrogen-bond acceptors (Lipinski definition) is 5. The first-order valence-corrected chi connectivity index (χ1v) is 9.70. The standard InChI is InChI=1S/C17H23N5O2S/c1-9(2)22-11-5-7-19-16-12(11)13(21-17(22)24)14(25-16)15(23)20-10-4-3-6-18-8-10/h5,7,9-10,13-14,18H,3-4,6,8H2,1-2H3,(H,20,23)(H,21,24)/t10?,13?,14-/m1/s1. The van der Waals surface area contributed by atoms with Crippen molar-refractivity contribution in [3.63, 3.8) is 0 Å². The smallest absolute Gasteiger partial charge is 0.322 e. The second-order valence-electron chi connectivity index (χ2n) is 7.03. The molecular formula is C17H23N5O2S. The van der Waals surface area contributed by atoms with E-state index in [1.165, 1.54) is 11.8 Å². The normalized spacial score (nSPS) is 27.9. The average Bonchev–Trinajstić information content (AvgIpc) is 2.95. The molecule has 8 heteroatoms. The zero-order valence-corrected chi connectivity index (χ0v) is 15.2. The van der Waals surface area contributed by atoms with E-state index in [1.54, 1.807) is 11.1 Å². The SMILES string of the molecule is CC(C)N1C(=O)NC2c3c1ccnc3S[C@H]2C(=O)NC1CCCNC1. The Bertz CT molecular complexity index is 704. The van der Waals surface area contributed by atoms with Crippen LogP contribution in [-0.2, 0) is 4.79 Å². The van der Waals surface area contributed by atoms with E-state index < -0.39 is 0 Å². The summed E-state index contributed by atoms with van der Waals surface area (Å²) in [5, 5.41) is 9.94. The van der Waals surface area contributed by atoms with E-state index >= 15 is 0 Å². The molecule has 0 bridgehead atoms. The summed E-state index contributed by atoms with van der Waals surface area (Å²) in [5.74, 6) is -0.0223. The van der Waals surface area contributed by atoms with Gasteiger partial charge in [-0.05, 0) is 39.3 Å². The van der Waals surface area contributed by atoms with Crippen molar-refractivity contribution in [1.29, 1.82) is 0 Å². The number of amides is 3. The minimum atomic E-state index is -0.371. The van der Waals surface area contributed by atoms with Gasteiger partial charge in [-0.3, -0.25) is 9.69 Å². The summed E-state index contributed by atoms with van der Waals surface area (Å²) in [5.41, 5.74) is 1.85. The van der Waals surface area contributed by atoms with Gasteiger partial charge >= 0.3 is 6.03 Å². The average molecular weight is 361 g/mol. The van der Waals surface area contributed by atoms with Gasteiger partial charge in [0.1, 0.15) is 10.3 Å². The fraction of sp³-hybridized carbons (Fsp3) is 0.588. The molecule has 2 unspecified atom stereocenters. The van der Waals surface area contributed by atoms with Crippen molar-refractivity contribution in [2.24, 2.45) is 0 Å². The van der Waals surface area contributed by atoms with E-state index in [1.807, 2.05) is 19.9 Å². The van der Waals surface area contributed by atoms with Gasteiger partial charge in [0.25, 0.3) is 0 Å². The lowest BCUT2D eigenvalue weighted by Crippen LogP contribution is -2.54. The molecule has 1 aromatic rings. The molecule has 0 saturated carbocycles. The lowest BCUT2D eigenvalue weighted by atomic mass is 9.99. The van der Waals surface area contributed by atoms with Crippen LogP contribution in [0.25, 0.3) is 0 Å². The van der Waals surface area contributed by atoms with Crippen LogP contribution < -0.4 is 20.9 Å². The topological polar surface area (TPSA) is 86.4 Å². The number of aromatic nitrogens is 1. The van der Waals surface area contributed by atoms with Crippen molar-refractivity contribution < 1.29 is 9.59 Å². The Labute approximate surface area is 151 Å². The second-order valence-corrected chi connectivity index (χ2v) is 8.16. The maximum Gasteiger partial charge on any atom is 0.322 e. The van der Waals surface area contributed by atoms with Crippen LogP contribution in [0.5, 0.6) is 0 Å². The molecule has 3 N–H and O–H groups in total. The van der Waals surface area contributed by atoms with Gasteiger partial charge in [-0.1, -0.05) is 11.8 Å². The molecule has 1 aromatic heterocycles. The third-order valence-electron chi connectivity index (χ3n) is 4.96. The highest BCUT2D eigenvalue weighted by Gasteiger charge is 2.46. The predicted molar refractivity (Wildman–Crippen MR) is 96.8 cm³/mol. The number of anilines is 1. The molecule has 4 heterocycles. The van der Waals surface area contributed by atoms with E-state index in [0.29, 0.717) is 0 Å². The van der Waals surface area contributed by atoms with Gasteiger partial charge in [0.2, 0.25) is 5.91 Å². The Balaban J connectivity index is 1.60. The van der Waals surface area contributed by atoms with Crippen LogP contribution in [0.2, 0.25) is 0 Å². The number of nitrogens with one attached hydrogen (secondary N) is 3. The first kappa shape index (κ1) is 16.7. The van der Waals surface area contributed by atoms with E-state index in [-0.39, 0.29) is 35.3 Å². The lowest BCUT2D eigenvalue weighted by molar-refractivity contribution is -0.121.